The lowest BCUT2D eigenvalue weighted by Gasteiger charge is -1.85. The molecule has 0 unspecified atom stereocenters. The SMILES string of the molecule is CCN=CC(=O)OC. The number of nitrogens with zero attached hydrogens (tertiary/aromatic N) is 1. The smallest absolute Gasteiger partial charge is 0.348 e. The molecule has 0 spiro atoms. The summed E-state index contributed by atoms with van der Waals surface area (Å²) in [6.07, 6.45) is 1.17. The highest BCUT2D eigenvalue weighted by atomic mass is 16.5. The molecule has 0 rings (SSSR count). The fourth-order valence-electron chi connectivity index (χ4n) is 0.219. The van der Waals surface area contributed by atoms with Gasteiger partial charge in [0.15, 0.2) is 0 Å². The Kier molecular flexibility index (Phi) is 3.84. The fraction of sp³-hybridized carbons (Fsp3) is 0.600. The van der Waals surface area contributed by atoms with Crippen LogP contribution in [-0.4, -0.2) is 25.8 Å². The number of rotatable bonds is 2. The molecule has 46 valence electrons. The van der Waals surface area contributed by atoms with Crippen LogP contribution in [0.4, 0.5) is 0 Å². The van der Waals surface area contributed by atoms with E-state index in [9.17, 15) is 4.79 Å². The zero-order valence-electron chi connectivity index (χ0n) is 5.05. The van der Waals surface area contributed by atoms with Gasteiger partial charge in [0.25, 0.3) is 0 Å². The second kappa shape index (κ2) is 4.30. The monoisotopic (exact) mass is 115 g/mol. The second-order valence-corrected chi connectivity index (χ2v) is 1.15. The predicted molar refractivity (Wildman–Crippen MR) is 31.0 cm³/mol. The maximum atomic E-state index is 10.2. The van der Waals surface area contributed by atoms with Gasteiger partial charge in [-0.3, -0.25) is 4.99 Å². The van der Waals surface area contributed by atoms with Crippen molar-refractivity contribution in [2.45, 2.75) is 6.92 Å². The minimum Gasteiger partial charge on any atom is -0.465 e. The van der Waals surface area contributed by atoms with Crippen molar-refractivity contribution in [2.24, 2.45) is 4.99 Å². The van der Waals surface area contributed by atoms with Crippen LogP contribution >= 0.6 is 0 Å². The van der Waals surface area contributed by atoms with E-state index in [0.717, 1.165) is 0 Å². The largest absolute Gasteiger partial charge is 0.465 e. The third-order valence-corrected chi connectivity index (χ3v) is 0.580. The summed E-state index contributed by atoms with van der Waals surface area (Å²) < 4.78 is 4.26. The van der Waals surface area contributed by atoms with Crippen molar-refractivity contribution in [2.75, 3.05) is 13.7 Å². The molecule has 0 amide bonds. The number of carbonyl (C=O) groups is 1. The molecule has 0 N–H and O–H groups in total. The van der Waals surface area contributed by atoms with Crippen molar-refractivity contribution in [1.29, 1.82) is 0 Å². The van der Waals surface area contributed by atoms with Gasteiger partial charge in [-0.1, -0.05) is 0 Å². The number of aliphatic imine (C=N–C) groups is 1. The summed E-state index contributed by atoms with van der Waals surface area (Å²) in [6.45, 7) is 2.47. The number of methoxy groups -OCH3 is 1. The van der Waals surface area contributed by atoms with E-state index in [0.29, 0.717) is 6.54 Å². The van der Waals surface area contributed by atoms with Crippen LogP contribution in [0.5, 0.6) is 0 Å². The number of hydrogen-bond acceptors (Lipinski definition) is 3. The first-order valence-corrected chi connectivity index (χ1v) is 2.39. The second-order valence-electron chi connectivity index (χ2n) is 1.15. The van der Waals surface area contributed by atoms with E-state index in [1.807, 2.05) is 6.92 Å². The zero-order valence-corrected chi connectivity index (χ0v) is 5.05. The molecule has 3 heteroatoms. The van der Waals surface area contributed by atoms with Gasteiger partial charge in [-0.05, 0) is 6.92 Å². The number of carbonyl (C=O) groups excluding carboxylic acids is 1. The van der Waals surface area contributed by atoms with E-state index in [4.69, 9.17) is 0 Å². The topological polar surface area (TPSA) is 38.7 Å². The minimum absolute atomic E-state index is 0.396. The molecule has 0 fully saturated rings. The molecule has 0 aliphatic rings. The third-order valence-electron chi connectivity index (χ3n) is 0.580. The molecule has 0 aromatic carbocycles. The van der Waals surface area contributed by atoms with E-state index in [-0.39, 0.29) is 0 Å². The molecule has 0 aromatic heterocycles. The van der Waals surface area contributed by atoms with Crippen LogP contribution < -0.4 is 0 Å². The lowest BCUT2D eigenvalue weighted by Crippen LogP contribution is -2.00. The highest BCUT2D eigenvalue weighted by Crippen LogP contribution is 1.67. The van der Waals surface area contributed by atoms with Gasteiger partial charge in [-0.2, -0.15) is 0 Å². The Morgan fingerprint density at radius 2 is 2.50 bits per heavy atom. The summed E-state index contributed by atoms with van der Waals surface area (Å²) in [4.78, 5) is 13.8. The average Bonchev–Trinajstić information content (AvgIpc) is 1.83. The summed E-state index contributed by atoms with van der Waals surface area (Å²) >= 11 is 0. The molecular formula is C5H9NO2. The zero-order chi connectivity index (χ0) is 6.41. The van der Waals surface area contributed by atoms with Crippen LogP contribution in [0.2, 0.25) is 0 Å². The predicted octanol–water partition coefficient (Wildman–Crippen LogP) is 0.250. The Labute approximate surface area is 48.4 Å². The Balaban J connectivity index is 3.37. The maximum Gasteiger partial charge on any atom is 0.348 e. The lowest BCUT2D eigenvalue weighted by molar-refractivity contribution is -0.132. The highest BCUT2D eigenvalue weighted by Gasteiger charge is 1.87. The molecule has 0 atom stereocenters. The summed E-state index contributed by atoms with van der Waals surface area (Å²) in [5.74, 6) is -0.396. The Bertz CT molecular complexity index is 98.6. The fourth-order valence-corrected chi connectivity index (χ4v) is 0.219. The minimum atomic E-state index is -0.396. The number of ether oxygens (including phenoxy) is 1. The van der Waals surface area contributed by atoms with Gasteiger partial charge in [0.05, 0.1) is 7.11 Å². The van der Waals surface area contributed by atoms with E-state index < -0.39 is 5.97 Å². The van der Waals surface area contributed by atoms with Gasteiger partial charge in [0.2, 0.25) is 0 Å². The van der Waals surface area contributed by atoms with Gasteiger partial charge in [-0.15, -0.1) is 0 Å². The van der Waals surface area contributed by atoms with E-state index >= 15 is 0 Å². The number of hydrogen-bond donors (Lipinski definition) is 0. The van der Waals surface area contributed by atoms with Crippen LogP contribution in [-0.2, 0) is 9.53 Å². The van der Waals surface area contributed by atoms with Gasteiger partial charge < -0.3 is 4.74 Å². The van der Waals surface area contributed by atoms with Crippen molar-refractivity contribution >= 4 is 12.2 Å². The van der Waals surface area contributed by atoms with E-state index in [2.05, 4.69) is 9.73 Å². The molecule has 0 aromatic rings. The summed E-state index contributed by atoms with van der Waals surface area (Å²) in [5.41, 5.74) is 0. The van der Waals surface area contributed by atoms with Crippen LogP contribution in [0.1, 0.15) is 6.92 Å². The summed E-state index contributed by atoms with van der Waals surface area (Å²) in [5, 5.41) is 0. The van der Waals surface area contributed by atoms with Crippen molar-refractivity contribution in [1.82, 2.24) is 0 Å². The van der Waals surface area contributed by atoms with Crippen LogP contribution in [0, 0.1) is 0 Å². The van der Waals surface area contributed by atoms with Crippen LogP contribution in [0.3, 0.4) is 0 Å². The van der Waals surface area contributed by atoms with Crippen molar-refractivity contribution < 1.29 is 9.53 Å². The number of esters is 1. The molecule has 3 nitrogen and oxygen atoms in total. The highest BCUT2D eigenvalue weighted by molar-refractivity contribution is 6.23. The Morgan fingerprint density at radius 1 is 1.88 bits per heavy atom. The van der Waals surface area contributed by atoms with Crippen molar-refractivity contribution in [3.63, 3.8) is 0 Å². The first-order chi connectivity index (χ1) is 3.81. The third kappa shape index (κ3) is 3.33. The molecule has 0 saturated heterocycles. The Hall–Kier alpha value is -0.860. The van der Waals surface area contributed by atoms with Gasteiger partial charge >= 0.3 is 5.97 Å². The normalized spacial score (nSPS) is 9.75. The first kappa shape index (κ1) is 7.14. The van der Waals surface area contributed by atoms with Gasteiger partial charge in [-0.25, -0.2) is 4.79 Å². The van der Waals surface area contributed by atoms with E-state index in [1.165, 1.54) is 13.3 Å². The molecular weight excluding hydrogens is 106 g/mol. The van der Waals surface area contributed by atoms with Crippen molar-refractivity contribution in [3.05, 3.63) is 0 Å². The molecule has 0 heterocycles. The van der Waals surface area contributed by atoms with Crippen molar-refractivity contribution in [3.8, 4) is 0 Å². The molecule has 0 bridgehead atoms. The first-order valence-electron chi connectivity index (χ1n) is 2.39. The van der Waals surface area contributed by atoms with Gasteiger partial charge in [0, 0.05) is 6.54 Å². The molecule has 0 aliphatic carbocycles. The summed E-state index contributed by atoms with van der Waals surface area (Å²) in [7, 11) is 1.32. The van der Waals surface area contributed by atoms with Crippen LogP contribution in [0.25, 0.3) is 0 Å². The maximum absolute atomic E-state index is 10.2. The van der Waals surface area contributed by atoms with E-state index in [1.54, 1.807) is 0 Å². The van der Waals surface area contributed by atoms with Gasteiger partial charge in [0.1, 0.15) is 6.21 Å². The Morgan fingerprint density at radius 3 is 2.88 bits per heavy atom. The molecule has 0 aliphatic heterocycles. The quantitative estimate of drug-likeness (QED) is 0.382. The molecule has 8 heavy (non-hydrogen) atoms. The molecule has 0 radical (unpaired) electrons. The summed E-state index contributed by atoms with van der Waals surface area (Å²) in [6, 6.07) is 0. The standard InChI is InChI=1S/C5H9NO2/c1-3-6-4-5(7)8-2/h4H,3H2,1-2H3. The van der Waals surface area contributed by atoms with Crippen LogP contribution in [0.15, 0.2) is 4.99 Å². The average molecular weight is 115 g/mol. The lowest BCUT2D eigenvalue weighted by atomic mass is 10.7. The molecule has 0 saturated carbocycles.